The van der Waals surface area contributed by atoms with E-state index in [1.165, 1.54) is 11.3 Å². The van der Waals surface area contributed by atoms with Gasteiger partial charge >= 0.3 is 0 Å². The van der Waals surface area contributed by atoms with E-state index in [0.29, 0.717) is 29.4 Å². The number of rotatable bonds is 8. The minimum absolute atomic E-state index is 0.239. The number of imidazole rings is 1. The zero-order valence-corrected chi connectivity index (χ0v) is 19.6. The van der Waals surface area contributed by atoms with Gasteiger partial charge in [0, 0.05) is 29.7 Å². The Labute approximate surface area is 200 Å². The second-order valence-electron chi connectivity index (χ2n) is 7.89. The number of H-pyrrole nitrogens is 1. The molecule has 3 heterocycles. The molecule has 2 aromatic carbocycles. The Kier molecular flexibility index (Phi) is 6.70. The van der Waals surface area contributed by atoms with Gasteiger partial charge in [-0.1, -0.05) is 0 Å². The molecule has 9 nitrogen and oxygen atoms in total. The van der Waals surface area contributed by atoms with Gasteiger partial charge < -0.3 is 24.5 Å². The number of hydrogen-bond acceptors (Lipinski definition) is 8. The van der Waals surface area contributed by atoms with Gasteiger partial charge in [0.05, 0.1) is 49.1 Å². The molecule has 34 heavy (non-hydrogen) atoms. The number of anilines is 1. The number of aromatic nitrogens is 3. The van der Waals surface area contributed by atoms with Gasteiger partial charge in [-0.25, -0.2) is 9.97 Å². The van der Waals surface area contributed by atoms with Crippen molar-refractivity contribution in [3.05, 3.63) is 64.4 Å². The van der Waals surface area contributed by atoms with E-state index in [1.807, 2.05) is 23.6 Å². The zero-order valence-electron chi connectivity index (χ0n) is 18.7. The molecule has 0 unspecified atom stereocenters. The maximum Gasteiger partial charge on any atom is 0.255 e. The highest BCUT2D eigenvalue weighted by Crippen LogP contribution is 2.29. The molecule has 0 radical (unpaired) electrons. The first-order valence-electron chi connectivity index (χ1n) is 11.0. The van der Waals surface area contributed by atoms with Crippen LogP contribution in [0.5, 0.6) is 11.5 Å². The van der Waals surface area contributed by atoms with E-state index in [0.717, 1.165) is 55.4 Å². The molecular formula is C24H25N5O4S. The molecule has 2 aromatic heterocycles. The summed E-state index contributed by atoms with van der Waals surface area (Å²) >= 11 is 1.51. The van der Waals surface area contributed by atoms with Crippen LogP contribution < -0.4 is 14.8 Å². The van der Waals surface area contributed by atoms with Crippen LogP contribution in [0.3, 0.4) is 0 Å². The van der Waals surface area contributed by atoms with Crippen molar-refractivity contribution in [1.29, 1.82) is 0 Å². The van der Waals surface area contributed by atoms with E-state index in [9.17, 15) is 4.79 Å². The van der Waals surface area contributed by atoms with E-state index < -0.39 is 0 Å². The number of ether oxygens (including phenoxy) is 3. The lowest BCUT2D eigenvalue weighted by molar-refractivity contribution is 0.0332. The number of hydrogen-bond donors (Lipinski definition) is 2. The maximum atomic E-state index is 12.9. The quantitative estimate of drug-likeness (QED) is 0.397. The van der Waals surface area contributed by atoms with Crippen LogP contribution >= 0.6 is 11.3 Å². The van der Waals surface area contributed by atoms with Crippen LogP contribution in [-0.4, -0.2) is 59.2 Å². The Morgan fingerprint density at radius 3 is 2.88 bits per heavy atom. The predicted octanol–water partition coefficient (Wildman–Crippen LogP) is 3.69. The lowest BCUT2D eigenvalue weighted by Crippen LogP contribution is -2.35. The molecule has 0 saturated carbocycles. The Morgan fingerprint density at radius 1 is 1.21 bits per heavy atom. The number of thiazole rings is 1. The van der Waals surface area contributed by atoms with Crippen LogP contribution in [0.15, 0.2) is 47.3 Å². The minimum Gasteiger partial charge on any atom is -0.493 e. The Bertz CT molecular complexity index is 1270. The van der Waals surface area contributed by atoms with Gasteiger partial charge in [0.15, 0.2) is 11.5 Å². The van der Waals surface area contributed by atoms with Gasteiger partial charge in [0.25, 0.3) is 5.91 Å². The molecule has 5 rings (SSSR count). The van der Waals surface area contributed by atoms with E-state index in [4.69, 9.17) is 14.2 Å². The molecule has 176 valence electrons. The predicted molar refractivity (Wildman–Crippen MR) is 130 cm³/mol. The summed E-state index contributed by atoms with van der Waals surface area (Å²) in [6.07, 6.45) is 0. The smallest absolute Gasteiger partial charge is 0.255 e. The van der Waals surface area contributed by atoms with Crippen LogP contribution in [0.25, 0.3) is 11.0 Å². The largest absolute Gasteiger partial charge is 0.493 e. The van der Waals surface area contributed by atoms with Crippen molar-refractivity contribution in [2.45, 2.75) is 13.2 Å². The van der Waals surface area contributed by atoms with Crippen molar-refractivity contribution < 1.29 is 19.0 Å². The summed E-state index contributed by atoms with van der Waals surface area (Å²) in [6, 6.07) is 10.8. The molecule has 0 aliphatic carbocycles. The van der Waals surface area contributed by atoms with Gasteiger partial charge in [-0.15, -0.1) is 11.3 Å². The highest BCUT2D eigenvalue weighted by molar-refractivity contribution is 7.07. The first-order chi connectivity index (χ1) is 16.7. The van der Waals surface area contributed by atoms with Gasteiger partial charge in [-0.2, -0.15) is 0 Å². The van der Waals surface area contributed by atoms with Crippen LogP contribution in [-0.2, 0) is 17.9 Å². The fourth-order valence-electron chi connectivity index (χ4n) is 3.78. The second kappa shape index (κ2) is 10.2. The number of nitrogens with one attached hydrogen (secondary N) is 2. The molecule has 1 fully saturated rings. The fourth-order valence-corrected chi connectivity index (χ4v) is 4.32. The van der Waals surface area contributed by atoms with Crippen molar-refractivity contribution in [1.82, 2.24) is 19.9 Å². The summed E-state index contributed by atoms with van der Waals surface area (Å²) in [7, 11) is 1.55. The number of methoxy groups -OCH3 is 1. The second-order valence-corrected chi connectivity index (χ2v) is 8.61. The SMILES string of the molecule is COc1cc(C(=O)Nc2ccc3nc(CN4CCOCC4)[nH]c3c2)ccc1OCc1cscn1. The average molecular weight is 480 g/mol. The normalized spacial score (nSPS) is 14.3. The molecular weight excluding hydrogens is 454 g/mol. The number of carbonyl (C=O) groups is 1. The van der Waals surface area contributed by atoms with Crippen molar-refractivity contribution >= 4 is 34.0 Å². The zero-order chi connectivity index (χ0) is 23.3. The molecule has 0 atom stereocenters. The third-order valence-corrected chi connectivity index (χ3v) is 6.19. The molecule has 0 bridgehead atoms. The van der Waals surface area contributed by atoms with Gasteiger partial charge in [-0.05, 0) is 36.4 Å². The lowest BCUT2D eigenvalue weighted by Gasteiger charge is -2.25. The van der Waals surface area contributed by atoms with Crippen molar-refractivity contribution in [3.63, 3.8) is 0 Å². The van der Waals surface area contributed by atoms with E-state index >= 15 is 0 Å². The summed E-state index contributed by atoms with van der Waals surface area (Å²) in [5, 5.41) is 4.87. The molecule has 4 aromatic rings. The summed E-state index contributed by atoms with van der Waals surface area (Å²) in [6.45, 7) is 4.38. The Balaban J connectivity index is 1.26. The maximum absolute atomic E-state index is 12.9. The molecule has 10 heteroatoms. The lowest BCUT2D eigenvalue weighted by atomic mass is 10.1. The van der Waals surface area contributed by atoms with E-state index in [1.54, 1.807) is 30.8 Å². The topological polar surface area (TPSA) is 102 Å². The molecule has 2 N–H and O–H groups in total. The monoisotopic (exact) mass is 479 g/mol. The van der Waals surface area contributed by atoms with Gasteiger partial charge in [0.2, 0.25) is 0 Å². The van der Waals surface area contributed by atoms with Crippen LogP contribution in [0.1, 0.15) is 21.9 Å². The standard InChI is InChI=1S/C24H25N5O4S/c1-31-22-10-16(2-5-21(22)33-13-18-14-34-15-25-18)24(30)26-17-3-4-19-20(11-17)28-23(27-19)12-29-6-8-32-9-7-29/h2-5,10-11,14-15H,6-9,12-13H2,1H3,(H,26,30)(H,27,28). The number of amides is 1. The fraction of sp³-hybridized carbons (Fsp3) is 0.292. The summed E-state index contributed by atoms with van der Waals surface area (Å²) in [5.41, 5.74) is 5.50. The summed E-state index contributed by atoms with van der Waals surface area (Å²) < 4.78 is 16.6. The number of fused-ring (bicyclic) bond motifs is 1. The first-order valence-corrected chi connectivity index (χ1v) is 11.9. The molecule has 1 saturated heterocycles. The van der Waals surface area contributed by atoms with Crippen LogP contribution in [0.4, 0.5) is 5.69 Å². The number of aromatic amines is 1. The number of benzene rings is 2. The van der Waals surface area contributed by atoms with Gasteiger partial charge in [-0.3, -0.25) is 9.69 Å². The minimum atomic E-state index is -0.239. The first kappa shape index (κ1) is 22.3. The van der Waals surface area contributed by atoms with Crippen LogP contribution in [0, 0.1) is 0 Å². The third kappa shape index (κ3) is 5.19. The van der Waals surface area contributed by atoms with E-state index in [-0.39, 0.29) is 5.91 Å². The average Bonchev–Trinajstić information content (AvgIpc) is 3.52. The molecule has 1 amide bonds. The van der Waals surface area contributed by atoms with Crippen LogP contribution in [0.2, 0.25) is 0 Å². The molecule has 1 aliphatic heterocycles. The number of carbonyl (C=O) groups excluding carboxylic acids is 1. The summed E-state index contributed by atoms with van der Waals surface area (Å²) in [4.78, 5) is 27.4. The highest BCUT2D eigenvalue weighted by atomic mass is 32.1. The van der Waals surface area contributed by atoms with Crippen molar-refractivity contribution in [2.24, 2.45) is 0 Å². The summed E-state index contributed by atoms with van der Waals surface area (Å²) in [5.74, 6) is 1.70. The van der Waals surface area contributed by atoms with E-state index in [2.05, 4.69) is 25.2 Å². The number of morpholine rings is 1. The number of nitrogens with zero attached hydrogens (tertiary/aromatic N) is 3. The highest BCUT2D eigenvalue weighted by Gasteiger charge is 2.15. The Hall–Kier alpha value is -3.47. The van der Waals surface area contributed by atoms with Gasteiger partial charge in [0.1, 0.15) is 12.4 Å². The molecule has 1 aliphatic rings. The van der Waals surface area contributed by atoms with Crippen molar-refractivity contribution in [3.8, 4) is 11.5 Å². The third-order valence-electron chi connectivity index (χ3n) is 5.55. The van der Waals surface area contributed by atoms with Crippen molar-refractivity contribution in [2.75, 3.05) is 38.7 Å². The molecule has 0 spiro atoms. The Morgan fingerprint density at radius 2 is 2.09 bits per heavy atom.